The summed E-state index contributed by atoms with van der Waals surface area (Å²) in [5, 5.41) is 0. The van der Waals surface area contributed by atoms with Crippen molar-refractivity contribution in [2.75, 3.05) is 13.1 Å². The Kier molecular flexibility index (Phi) is 3.72. The molecule has 2 N–H and O–H groups in total. The summed E-state index contributed by atoms with van der Waals surface area (Å²) in [4.78, 5) is 14.7. The summed E-state index contributed by atoms with van der Waals surface area (Å²) in [6.07, 6.45) is 6.56. The highest BCUT2D eigenvalue weighted by Crippen LogP contribution is 2.41. The SMILES string of the molecule is CCC1(C)CCN(C(=O)C2(C)CCCC2N)CC1. The Hall–Kier alpha value is -0.570. The summed E-state index contributed by atoms with van der Waals surface area (Å²) in [7, 11) is 0. The van der Waals surface area contributed by atoms with E-state index in [1.807, 2.05) is 0 Å². The van der Waals surface area contributed by atoms with Gasteiger partial charge in [-0.3, -0.25) is 4.79 Å². The van der Waals surface area contributed by atoms with E-state index in [0.29, 0.717) is 11.3 Å². The molecule has 1 amide bonds. The maximum Gasteiger partial charge on any atom is 0.230 e. The number of rotatable bonds is 2. The van der Waals surface area contributed by atoms with Crippen molar-refractivity contribution in [3.8, 4) is 0 Å². The molecule has 2 aliphatic rings. The monoisotopic (exact) mass is 252 g/mol. The summed E-state index contributed by atoms with van der Waals surface area (Å²) in [6, 6.07) is 0.0597. The highest BCUT2D eigenvalue weighted by Gasteiger charge is 2.46. The van der Waals surface area contributed by atoms with E-state index < -0.39 is 0 Å². The van der Waals surface area contributed by atoms with Gasteiger partial charge in [0.15, 0.2) is 0 Å². The Balaban J connectivity index is 2.00. The molecule has 0 radical (unpaired) electrons. The smallest absolute Gasteiger partial charge is 0.230 e. The van der Waals surface area contributed by atoms with Gasteiger partial charge >= 0.3 is 0 Å². The summed E-state index contributed by atoms with van der Waals surface area (Å²) in [5.74, 6) is 0.311. The molecule has 2 atom stereocenters. The highest BCUT2D eigenvalue weighted by atomic mass is 16.2. The van der Waals surface area contributed by atoms with Crippen LogP contribution in [-0.2, 0) is 4.79 Å². The second-order valence-corrected chi connectivity index (χ2v) is 6.87. The zero-order valence-corrected chi connectivity index (χ0v) is 12.2. The maximum absolute atomic E-state index is 12.7. The van der Waals surface area contributed by atoms with Crippen LogP contribution in [0, 0.1) is 10.8 Å². The molecule has 2 unspecified atom stereocenters. The molecule has 104 valence electrons. The van der Waals surface area contributed by atoms with Crippen molar-refractivity contribution in [2.45, 2.75) is 65.3 Å². The largest absolute Gasteiger partial charge is 0.342 e. The maximum atomic E-state index is 12.7. The third-order valence-electron chi connectivity index (χ3n) is 5.63. The zero-order chi connectivity index (χ0) is 13.4. The van der Waals surface area contributed by atoms with Crippen LogP contribution in [0.1, 0.15) is 59.3 Å². The van der Waals surface area contributed by atoms with Crippen LogP contribution in [-0.4, -0.2) is 29.9 Å². The fourth-order valence-electron chi connectivity index (χ4n) is 3.42. The van der Waals surface area contributed by atoms with E-state index >= 15 is 0 Å². The summed E-state index contributed by atoms with van der Waals surface area (Å²) in [6.45, 7) is 8.51. The second kappa shape index (κ2) is 4.84. The minimum absolute atomic E-state index is 0.0597. The number of amides is 1. The van der Waals surface area contributed by atoms with E-state index in [-0.39, 0.29) is 11.5 Å². The molecule has 1 heterocycles. The first-order valence-electron chi connectivity index (χ1n) is 7.46. The molecule has 1 saturated carbocycles. The number of carbonyl (C=O) groups is 1. The van der Waals surface area contributed by atoms with Gasteiger partial charge in [0, 0.05) is 19.1 Å². The van der Waals surface area contributed by atoms with Crippen molar-refractivity contribution in [2.24, 2.45) is 16.6 Å². The normalized spacial score (nSPS) is 35.8. The van der Waals surface area contributed by atoms with Crippen molar-refractivity contribution in [3.05, 3.63) is 0 Å². The van der Waals surface area contributed by atoms with Crippen LogP contribution in [0.3, 0.4) is 0 Å². The minimum Gasteiger partial charge on any atom is -0.342 e. The van der Waals surface area contributed by atoms with E-state index in [1.54, 1.807) is 0 Å². The van der Waals surface area contributed by atoms with Crippen LogP contribution in [0.25, 0.3) is 0 Å². The first-order valence-corrected chi connectivity index (χ1v) is 7.46. The molecular formula is C15H28N2O. The lowest BCUT2D eigenvalue weighted by Gasteiger charge is -2.42. The van der Waals surface area contributed by atoms with Crippen molar-refractivity contribution in [3.63, 3.8) is 0 Å². The zero-order valence-electron chi connectivity index (χ0n) is 12.2. The lowest BCUT2D eigenvalue weighted by atomic mass is 9.77. The second-order valence-electron chi connectivity index (χ2n) is 6.87. The minimum atomic E-state index is -0.292. The molecule has 0 aromatic heterocycles. The quantitative estimate of drug-likeness (QED) is 0.821. The topological polar surface area (TPSA) is 46.3 Å². The van der Waals surface area contributed by atoms with E-state index in [2.05, 4.69) is 25.7 Å². The molecule has 3 nitrogen and oxygen atoms in total. The summed E-state index contributed by atoms with van der Waals surface area (Å²) < 4.78 is 0. The molecule has 0 aromatic rings. The Labute approximate surface area is 111 Å². The van der Waals surface area contributed by atoms with Crippen molar-refractivity contribution < 1.29 is 4.79 Å². The molecule has 0 aromatic carbocycles. The van der Waals surface area contributed by atoms with Gasteiger partial charge in [-0.25, -0.2) is 0 Å². The Morgan fingerprint density at radius 2 is 1.89 bits per heavy atom. The van der Waals surface area contributed by atoms with E-state index in [4.69, 9.17) is 5.73 Å². The molecule has 2 rings (SSSR count). The predicted octanol–water partition coefficient (Wildman–Crippen LogP) is 2.54. The number of likely N-dealkylation sites (tertiary alicyclic amines) is 1. The van der Waals surface area contributed by atoms with Gasteiger partial charge in [0.25, 0.3) is 0 Å². The first-order chi connectivity index (χ1) is 8.41. The molecule has 0 bridgehead atoms. The van der Waals surface area contributed by atoms with Gasteiger partial charge in [-0.2, -0.15) is 0 Å². The van der Waals surface area contributed by atoms with Crippen LogP contribution >= 0.6 is 0 Å². The first kappa shape index (κ1) is 13.9. The fraction of sp³-hybridized carbons (Fsp3) is 0.933. The van der Waals surface area contributed by atoms with Crippen molar-refractivity contribution >= 4 is 5.91 Å². The number of piperidine rings is 1. The third kappa shape index (κ3) is 2.29. The van der Waals surface area contributed by atoms with Gasteiger partial charge in [0.05, 0.1) is 5.41 Å². The van der Waals surface area contributed by atoms with E-state index in [1.165, 1.54) is 6.42 Å². The average molecular weight is 252 g/mol. The lowest BCUT2D eigenvalue weighted by molar-refractivity contribution is -0.144. The summed E-state index contributed by atoms with van der Waals surface area (Å²) in [5.41, 5.74) is 6.30. The van der Waals surface area contributed by atoms with Gasteiger partial charge in [0.1, 0.15) is 0 Å². The van der Waals surface area contributed by atoms with Crippen LogP contribution in [0.4, 0.5) is 0 Å². The van der Waals surface area contributed by atoms with Gasteiger partial charge in [-0.05, 0) is 38.0 Å². The number of nitrogens with zero attached hydrogens (tertiary/aromatic N) is 1. The molecule has 0 spiro atoms. The van der Waals surface area contributed by atoms with Crippen LogP contribution in [0.2, 0.25) is 0 Å². The molecule has 18 heavy (non-hydrogen) atoms. The molecule has 3 heteroatoms. The number of hydrogen-bond acceptors (Lipinski definition) is 2. The van der Waals surface area contributed by atoms with Crippen molar-refractivity contribution in [1.82, 2.24) is 4.90 Å². The molecule has 1 aliphatic carbocycles. The van der Waals surface area contributed by atoms with Crippen LogP contribution in [0.15, 0.2) is 0 Å². The van der Waals surface area contributed by atoms with Gasteiger partial charge in [-0.15, -0.1) is 0 Å². The van der Waals surface area contributed by atoms with Crippen LogP contribution < -0.4 is 5.73 Å². The van der Waals surface area contributed by atoms with Gasteiger partial charge < -0.3 is 10.6 Å². The predicted molar refractivity (Wildman–Crippen MR) is 74.1 cm³/mol. The molecule has 1 aliphatic heterocycles. The Bertz CT molecular complexity index is 320. The summed E-state index contributed by atoms with van der Waals surface area (Å²) >= 11 is 0. The third-order valence-corrected chi connectivity index (χ3v) is 5.63. The van der Waals surface area contributed by atoms with Crippen molar-refractivity contribution in [1.29, 1.82) is 0 Å². The fourth-order valence-corrected chi connectivity index (χ4v) is 3.42. The van der Waals surface area contributed by atoms with Crippen LogP contribution in [0.5, 0.6) is 0 Å². The Morgan fingerprint density at radius 3 is 2.33 bits per heavy atom. The van der Waals surface area contributed by atoms with Gasteiger partial charge in [0.2, 0.25) is 5.91 Å². The highest BCUT2D eigenvalue weighted by molar-refractivity contribution is 5.83. The molecule has 2 fully saturated rings. The van der Waals surface area contributed by atoms with Gasteiger partial charge in [-0.1, -0.05) is 26.7 Å². The number of nitrogens with two attached hydrogens (primary N) is 1. The van der Waals surface area contributed by atoms with E-state index in [0.717, 1.165) is 45.2 Å². The molecular weight excluding hydrogens is 224 g/mol. The lowest BCUT2D eigenvalue weighted by Crippen LogP contribution is -2.52. The number of hydrogen-bond donors (Lipinski definition) is 1. The molecule has 1 saturated heterocycles. The van der Waals surface area contributed by atoms with E-state index in [9.17, 15) is 4.79 Å². The number of carbonyl (C=O) groups excluding carboxylic acids is 1. The average Bonchev–Trinajstić information content (AvgIpc) is 2.71. The Morgan fingerprint density at radius 1 is 1.28 bits per heavy atom. The standard InChI is InChI=1S/C15H28N2O/c1-4-14(2)8-10-17(11-9-14)13(18)15(3)7-5-6-12(15)16/h12H,4-11,16H2,1-3H3.